The molecule has 0 aliphatic rings. The first kappa shape index (κ1) is 28.4. The first-order valence-corrected chi connectivity index (χ1v) is 13.9. The number of amides is 1. The first-order valence-electron chi connectivity index (χ1n) is 13.9. The van der Waals surface area contributed by atoms with Crippen LogP contribution in [0.25, 0.3) is 16.7 Å². The molecule has 0 radical (unpaired) electrons. The molecule has 0 unspecified atom stereocenters. The zero-order chi connectivity index (χ0) is 28.3. The summed E-state index contributed by atoms with van der Waals surface area (Å²) in [6.45, 7) is 17.9. The fraction of sp³-hybridized carbons (Fsp3) is 0.394. The molecule has 1 aromatic heterocycles. The highest BCUT2D eigenvalue weighted by molar-refractivity contribution is 5.97. The van der Waals surface area contributed by atoms with Crippen molar-refractivity contribution in [3.05, 3.63) is 88.2 Å². The highest BCUT2D eigenvalue weighted by Gasteiger charge is 2.25. The van der Waals surface area contributed by atoms with Crippen molar-refractivity contribution in [3.63, 3.8) is 0 Å². The number of nitrogens with zero attached hydrogens (tertiary/aromatic N) is 4. The van der Waals surface area contributed by atoms with E-state index in [4.69, 9.17) is 9.72 Å². The van der Waals surface area contributed by atoms with Crippen LogP contribution in [0.15, 0.2) is 54.6 Å². The van der Waals surface area contributed by atoms with E-state index >= 15 is 0 Å². The quantitative estimate of drug-likeness (QED) is 0.227. The summed E-state index contributed by atoms with van der Waals surface area (Å²) >= 11 is 0. The van der Waals surface area contributed by atoms with Crippen LogP contribution >= 0.6 is 0 Å². The predicted molar refractivity (Wildman–Crippen MR) is 160 cm³/mol. The molecule has 1 heterocycles. The average molecular weight is 527 g/mol. The van der Waals surface area contributed by atoms with E-state index in [9.17, 15) is 4.79 Å². The summed E-state index contributed by atoms with van der Waals surface area (Å²) in [7, 11) is 1.67. The smallest absolute Gasteiger partial charge is 0.255 e. The van der Waals surface area contributed by atoms with Crippen molar-refractivity contribution in [1.29, 1.82) is 0 Å². The second-order valence-electron chi connectivity index (χ2n) is 10.6. The molecule has 4 rings (SSSR count). The van der Waals surface area contributed by atoms with Crippen LogP contribution in [0.1, 0.15) is 66.1 Å². The van der Waals surface area contributed by atoms with E-state index in [0.717, 1.165) is 64.6 Å². The summed E-state index contributed by atoms with van der Waals surface area (Å²) in [6.07, 6.45) is 0. The molecule has 0 aliphatic carbocycles. The SMILES string of the molecule is CCN(CC)Cc1ccc2c(c1)nc(CN(C(=O)c1c(C)cc(C)cc1C)C(C)C)n2-c1ccc(OC)cc1. The molecular weight excluding hydrogens is 484 g/mol. The molecule has 0 spiro atoms. The van der Waals surface area contributed by atoms with Crippen LogP contribution in [0.3, 0.4) is 0 Å². The van der Waals surface area contributed by atoms with E-state index in [1.807, 2.05) is 43.0 Å². The Labute approximate surface area is 233 Å². The van der Waals surface area contributed by atoms with Gasteiger partial charge in [0.05, 0.1) is 24.7 Å². The molecule has 206 valence electrons. The van der Waals surface area contributed by atoms with Gasteiger partial charge in [-0.2, -0.15) is 0 Å². The maximum atomic E-state index is 14.0. The number of rotatable bonds is 10. The van der Waals surface area contributed by atoms with Crippen LogP contribution in [-0.4, -0.2) is 51.5 Å². The van der Waals surface area contributed by atoms with Gasteiger partial charge in [0.25, 0.3) is 5.91 Å². The number of imidazole rings is 1. The van der Waals surface area contributed by atoms with Crippen LogP contribution in [0, 0.1) is 20.8 Å². The first-order chi connectivity index (χ1) is 18.7. The van der Waals surface area contributed by atoms with Crippen LogP contribution in [0.4, 0.5) is 0 Å². The Bertz CT molecular complexity index is 1430. The van der Waals surface area contributed by atoms with Gasteiger partial charge in [-0.05, 0) is 101 Å². The second kappa shape index (κ2) is 12.0. The van der Waals surface area contributed by atoms with E-state index in [-0.39, 0.29) is 11.9 Å². The molecule has 1 amide bonds. The lowest BCUT2D eigenvalue weighted by Crippen LogP contribution is -2.38. The molecule has 0 N–H and O–H groups in total. The Morgan fingerprint density at radius 3 is 2.13 bits per heavy atom. The van der Waals surface area contributed by atoms with E-state index in [1.165, 1.54) is 11.1 Å². The van der Waals surface area contributed by atoms with Crippen LogP contribution in [-0.2, 0) is 13.1 Å². The molecule has 0 saturated heterocycles. The van der Waals surface area contributed by atoms with Crippen molar-refractivity contribution in [2.45, 2.75) is 67.6 Å². The topological polar surface area (TPSA) is 50.6 Å². The number of carbonyl (C=O) groups excluding carboxylic acids is 1. The number of hydrogen-bond acceptors (Lipinski definition) is 4. The standard InChI is InChI=1S/C33H42N4O2/c1-9-35(10-2)20-26-11-16-30-29(19-26)34-31(37(30)27-12-14-28(39-8)15-13-27)21-36(22(3)4)33(38)32-24(6)17-23(5)18-25(32)7/h11-19,22H,9-10,20-21H2,1-8H3. The number of methoxy groups -OCH3 is 1. The van der Waals surface area contributed by atoms with Crippen LogP contribution in [0.5, 0.6) is 5.75 Å². The van der Waals surface area contributed by atoms with Gasteiger partial charge in [0.1, 0.15) is 11.6 Å². The third kappa shape index (κ3) is 6.01. The van der Waals surface area contributed by atoms with Crippen LogP contribution in [0.2, 0.25) is 0 Å². The predicted octanol–water partition coefficient (Wildman–Crippen LogP) is 6.85. The van der Waals surface area contributed by atoms with Crippen LogP contribution < -0.4 is 4.74 Å². The number of fused-ring (bicyclic) bond motifs is 1. The molecule has 6 nitrogen and oxygen atoms in total. The van der Waals surface area contributed by atoms with Crippen molar-refractivity contribution in [1.82, 2.24) is 19.4 Å². The number of ether oxygens (including phenoxy) is 1. The Morgan fingerprint density at radius 1 is 0.923 bits per heavy atom. The minimum absolute atomic E-state index is 0.0000368. The summed E-state index contributed by atoms with van der Waals surface area (Å²) in [6, 6.07) is 18.7. The van der Waals surface area contributed by atoms with Crippen molar-refractivity contribution in [2.24, 2.45) is 0 Å². The summed E-state index contributed by atoms with van der Waals surface area (Å²) in [5.74, 6) is 1.67. The monoisotopic (exact) mass is 526 g/mol. The number of aromatic nitrogens is 2. The molecule has 0 fully saturated rings. The molecule has 3 aromatic carbocycles. The molecular formula is C33H42N4O2. The van der Waals surface area contributed by atoms with Gasteiger partial charge in [0.15, 0.2) is 0 Å². The summed E-state index contributed by atoms with van der Waals surface area (Å²) in [5, 5.41) is 0. The fourth-order valence-electron chi connectivity index (χ4n) is 5.41. The van der Waals surface area contributed by atoms with E-state index in [1.54, 1.807) is 7.11 Å². The Balaban J connectivity index is 1.81. The van der Waals surface area contributed by atoms with E-state index in [0.29, 0.717) is 6.54 Å². The Hall–Kier alpha value is -3.64. The van der Waals surface area contributed by atoms with Gasteiger partial charge >= 0.3 is 0 Å². The molecule has 6 heteroatoms. The molecule has 4 aromatic rings. The van der Waals surface area contributed by atoms with Crippen molar-refractivity contribution in [2.75, 3.05) is 20.2 Å². The molecule has 0 atom stereocenters. The van der Waals surface area contributed by atoms with Gasteiger partial charge in [-0.25, -0.2) is 4.98 Å². The lowest BCUT2D eigenvalue weighted by Gasteiger charge is -2.28. The van der Waals surface area contributed by atoms with Crippen molar-refractivity contribution in [3.8, 4) is 11.4 Å². The minimum atomic E-state index is -0.0000368. The largest absolute Gasteiger partial charge is 0.497 e. The van der Waals surface area contributed by atoms with E-state index in [2.05, 4.69) is 74.4 Å². The average Bonchev–Trinajstić information content (AvgIpc) is 3.26. The van der Waals surface area contributed by atoms with Gasteiger partial charge in [-0.1, -0.05) is 37.6 Å². The molecule has 0 aliphatic heterocycles. The third-order valence-electron chi connectivity index (χ3n) is 7.51. The maximum Gasteiger partial charge on any atom is 0.255 e. The third-order valence-corrected chi connectivity index (χ3v) is 7.51. The van der Waals surface area contributed by atoms with Crippen molar-refractivity contribution >= 4 is 16.9 Å². The molecule has 39 heavy (non-hydrogen) atoms. The normalized spacial score (nSPS) is 11.5. The molecule has 0 bridgehead atoms. The summed E-state index contributed by atoms with van der Waals surface area (Å²) < 4.78 is 7.58. The van der Waals surface area contributed by atoms with Gasteiger partial charge in [0, 0.05) is 23.8 Å². The van der Waals surface area contributed by atoms with Gasteiger partial charge in [-0.15, -0.1) is 0 Å². The minimum Gasteiger partial charge on any atom is -0.497 e. The fourth-order valence-corrected chi connectivity index (χ4v) is 5.41. The number of aryl methyl sites for hydroxylation is 3. The molecule has 0 saturated carbocycles. The number of benzene rings is 3. The summed E-state index contributed by atoms with van der Waals surface area (Å²) in [5.41, 5.74) is 8.15. The van der Waals surface area contributed by atoms with Crippen molar-refractivity contribution < 1.29 is 9.53 Å². The maximum absolute atomic E-state index is 14.0. The Morgan fingerprint density at radius 2 is 1.56 bits per heavy atom. The van der Waals surface area contributed by atoms with E-state index < -0.39 is 0 Å². The lowest BCUT2D eigenvalue weighted by atomic mass is 9.98. The van der Waals surface area contributed by atoms with Gasteiger partial charge < -0.3 is 9.64 Å². The highest BCUT2D eigenvalue weighted by atomic mass is 16.5. The number of carbonyl (C=O) groups is 1. The highest BCUT2D eigenvalue weighted by Crippen LogP contribution is 2.27. The second-order valence-corrected chi connectivity index (χ2v) is 10.6. The number of hydrogen-bond donors (Lipinski definition) is 0. The summed E-state index contributed by atoms with van der Waals surface area (Å²) in [4.78, 5) is 23.5. The van der Waals surface area contributed by atoms with Gasteiger partial charge in [-0.3, -0.25) is 14.3 Å². The van der Waals surface area contributed by atoms with Gasteiger partial charge in [0.2, 0.25) is 0 Å². The Kier molecular flexibility index (Phi) is 8.76. The zero-order valence-corrected chi connectivity index (χ0v) is 24.7. The zero-order valence-electron chi connectivity index (χ0n) is 24.7. The lowest BCUT2D eigenvalue weighted by molar-refractivity contribution is 0.0683.